The molecule has 1 saturated heterocycles. The summed E-state index contributed by atoms with van der Waals surface area (Å²) in [6, 6.07) is 5.55. The molecule has 1 saturated carbocycles. The molecule has 1 aromatic carbocycles. The number of hydrogen-bond acceptors (Lipinski definition) is 3. The van der Waals surface area contributed by atoms with Crippen molar-refractivity contribution in [2.75, 3.05) is 5.32 Å². The zero-order valence-corrected chi connectivity index (χ0v) is 12.2. The maximum atomic E-state index is 12.2. The summed E-state index contributed by atoms with van der Waals surface area (Å²) in [5, 5.41) is 3.20. The van der Waals surface area contributed by atoms with Gasteiger partial charge in [0.15, 0.2) is 0 Å². The number of benzene rings is 1. The van der Waals surface area contributed by atoms with Crippen molar-refractivity contribution in [3.63, 3.8) is 0 Å². The summed E-state index contributed by atoms with van der Waals surface area (Å²) in [5.74, 6) is -0.121. The van der Waals surface area contributed by atoms with E-state index < -0.39 is 6.04 Å². The number of carbonyl (C=O) groups is 2. The zero-order chi connectivity index (χ0) is 13.6. The summed E-state index contributed by atoms with van der Waals surface area (Å²) in [6.45, 7) is 1.98. The number of carbonyl (C=O) groups excluding carboxylic acids is 2. The SMILES string of the molecule is Cc1c(Br)cccc1NC1CC(=O)N(C2CC2)C1=O. The van der Waals surface area contributed by atoms with Gasteiger partial charge >= 0.3 is 0 Å². The molecule has 1 atom stereocenters. The number of nitrogens with one attached hydrogen (secondary N) is 1. The lowest BCUT2D eigenvalue weighted by molar-refractivity contribution is -0.139. The molecule has 2 amide bonds. The highest BCUT2D eigenvalue weighted by Gasteiger charge is 2.46. The van der Waals surface area contributed by atoms with E-state index in [1.54, 1.807) is 0 Å². The van der Waals surface area contributed by atoms with Crippen molar-refractivity contribution in [3.05, 3.63) is 28.2 Å². The average molecular weight is 323 g/mol. The summed E-state index contributed by atoms with van der Waals surface area (Å²) in [7, 11) is 0. The van der Waals surface area contributed by atoms with E-state index in [2.05, 4.69) is 21.2 Å². The van der Waals surface area contributed by atoms with Crippen molar-refractivity contribution < 1.29 is 9.59 Å². The number of rotatable bonds is 3. The van der Waals surface area contributed by atoms with Crippen LogP contribution in [0, 0.1) is 6.92 Å². The van der Waals surface area contributed by atoms with Gasteiger partial charge in [-0.25, -0.2) is 0 Å². The molecule has 1 N–H and O–H groups in total. The Balaban J connectivity index is 1.79. The predicted molar refractivity (Wildman–Crippen MR) is 75.8 cm³/mol. The Bertz CT molecular complexity index is 554. The quantitative estimate of drug-likeness (QED) is 0.870. The van der Waals surface area contributed by atoms with Gasteiger partial charge in [-0.05, 0) is 37.5 Å². The van der Waals surface area contributed by atoms with Gasteiger partial charge in [0.25, 0.3) is 5.91 Å². The van der Waals surface area contributed by atoms with Crippen molar-refractivity contribution in [1.29, 1.82) is 0 Å². The Morgan fingerprint density at radius 3 is 2.74 bits per heavy atom. The van der Waals surface area contributed by atoms with E-state index in [1.807, 2.05) is 25.1 Å². The molecule has 1 aliphatic carbocycles. The fraction of sp³-hybridized carbons (Fsp3) is 0.429. The third-order valence-corrected chi connectivity index (χ3v) is 4.55. The standard InChI is InChI=1S/C14H15BrN2O2/c1-8-10(15)3-2-4-11(8)16-12-7-13(18)17(14(12)19)9-5-6-9/h2-4,9,12,16H,5-7H2,1H3. The Hall–Kier alpha value is -1.36. The Labute approximate surface area is 120 Å². The van der Waals surface area contributed by atoms with Crippen LogP contribution in [0.25, 0.3) is 0 Å². The van der Waals surface area contributed by atoms with E-state index in [9.17, 15) is 9.59 Å². The Kier molecular flexibility index (Phi) is 3.09. The van der Waals surface area contributed by atoms with Crippen LogP contribution in [-0.4, -0.2) is 28.8 Å². The predicted octanol–water partition coefficient (Wildman–Crippen LogP) is 2.46. The van der Waals surface area contributed by atoms with E-state index in [4.69, 9.17) is 0 Å². The molecule has 1 unspecified atom stereocenters. The second-order valence-corrected chi connectivity index (χ2v) is 6.00. The molecule has 2 aliphatic rings. The highest BCUT2D eigenvalue weighted by Crippen LogP contribution is 2.33. The number of hydrogen-bond donors (Lipinski definition) is 1. The monoisotopic (exact) mass is 322 g/mol. The third-order valence-electron chi connectivity index (χ3n) is 3.69. The number of anilines is 1. The van der Waals surface area contributed by atoms with E-state index in [0.717, 1.165) is 28.6 Å². The first kappa shape index (κ1) is 12.7. The molecule has 19 heavy (non-hydrogen) atoms. The Morgan fingerprint density at radius 2 is 2.05 bits per heavy atom. The number of amides is 2. The molecule has 0 bridgehead atoms. The lowest BCUT2D eigenvalue weighted by Gasteiger charge is -2.16. The van der Waals surface area contributed by atoms with Gasteiger partial charge in [0.2, 0.25) is 5.91 Å². The minimum absolute atomic E-state index is 0.0438. The van der Waals surface area contributed by atoms with Crippen molar-refractivity contribution in [3.8, 4) is 0 Å². The molecule has 0 radical (unpaired) electrons. The fourth-order valence-corrected chi connectivity index (χ4v) is 2.80. The van der Waals surface area contributed by atoms with Gasteiger partial charge in [-0.2, -0.15) is 0 Å². The maximum Gasteiger partial charge on any atom is 0.252 e. The minimum Gasteiger partial charge on any atom is -0.373 e. The van der Waals surface area contributed by atoms with E-state index in [-0.39, 0.29) is 24.3 Å². The third kappa shape index (κ3) is 2.27. The zero-order valence-electron chi connectivity index (χ0n) is 10.6. The molecule has 1 aromatic rings. The van der Waals surface area contributed by atoms with Gasteiger partial charge in [-0.1, -0.05) is 22.0 Å². The van der Waals surface area contributed by atoms with Crippen molar-refractivity contribution in [2.45, 2.75) is 38.3 Å². The van der Waals surface area contributed by atoms with Crippen molar-refractivity contribution in [2.24, 2.45) is 0 Å². The molecule has 3 rings (SSSR count). The van der Waals surface area contributed by atoms with Crippen LogP contribution in [0.3, 0.4) is 0 Å². The Morgan fingerprint density at radius 1 is 1.32 bits per heavy atom. The molecule has 4 nitrogen and oxygen atoms in total. The normalized spacial score (nSPS) is 23.1. The van der Waals surface area contributed by atoms with Crippen LogP contribution in [0.4, 0.5) is 5.69 Å². The topological polar surface area (TPSA) is 49.4 Å². The van der Waals surface area contributed by atoms with Crippen LogP contribution in [0.15, 0.2) is 22.7 Å². The molecular weight excluding hydrogens is 308 g/mol. The average Bonchev–Trinajstić information content (AvgIpc) is 3.14. The molecule has 0 spiro atoms. The maximum absolute atomic E-state index is 12.2. The first-order valence-electron chi connectivity index (χ1n) is 6.45. The van der Waals surface area contributed by atoms with Crippen LogP contribution in [0.2, 0.25) is 0 Å². The summed E-state index contributed by atoms with van der Waals surface area (Å²) in [5.41, 5.74) is 1.95. The minimum atomic E-state index is -0.416. The summed E-state index contributed by atoms with van der Waals surface area (Å²) < 4.78 is 0.994. The molecule has 2 fully saturated rings. The van der Waals surface area contributed by atoms with Gasteiger partial charge in [0, 0.05) is 16.2 Å². The highest BCUT2D eigenvalue weighted by atomic mass is 79.9. The summed E-state index contributed by atoms with van der Waals surface area (Å²) >= 11 is 3.47. The van der Waals surface area contributed by atoms with Crippen LogP contribution in [0.1, 0.15) is 24.8 Å². The number of likely N-dealkylation sites (tertiary alicyclic amines) is 1. The van der Waals surface area contributed by atoms with Crippen LogP contribution >= 0.6 is 15.9 Å². The lowest BCUT2D eigenvalue weighted by Crippen LogP contribution is -2.36. The molecule has 100 valence electrons. The van der Waals surface area contributed by atoms with Crippen molar-refractivity contribution in [1.82, 2.24) is 4.90 Å². The molecule has 5 heteroatoms. The first-order chi connectivity index (χ1) is 9.08. The number of nitrogens with zero attached hydrogens (tertiary/aromatic N) is 1. The second-order valence-electron chi connectivity index (χ2n) is 5.15. The lowest BCUT2D eigenvalue weighted by atomic mass is 10.1. The fourth-order valence-electron chi connectivity index (χ4n) is 2.43. The number of imide groups is 1. The van der Waals surface area contributed by atoms with Gasteiger partial charge < -0.3 is 5.32 Å². The summed E-state index contributed by atoms with van der Waals surface area (Å²) in [4.78, 5) is 25.6. The molecule has 1 heterocycles. The highest BCUT2D eigenvalue weighted by molar-refractivity contribution is 9.10. The smallest absolute Gasteiger partial charge is 0.252 e. The van der Waals surface area contributed by atoms with Gasteiger partial charge in [0.1, 0.15) is 6.04 Å². The van der Waals surface area contributed by atoms with Crippen LogP contribution in [-0.2, 0) is 9.59 Å². The van der Waals surface area contributed by atoms with E-state index in [1.165, 1.54) is 4.90 Å². The molecule has 1 aliphatic heterocycles. The second kappa shape index (κ2) is 4.63. The first-order valence-corrected chi connectivity index (χ1v) is 7.25. The molecule has 0 aromatic heterocycles. The summed E-state index contributed by atoms with van der Waals surface area (Å²) in [6.07, 6.45) is 2.18. The van der Waals surface area contributed by atoms with Gasteiger partial charge in [-0.3, -0.25) is 14.5 Å². The largest absolute Gasteiger partial charge is 0.373 e. The van der Waals surface area contributed by atoms with Gasteiger partial charge in [0.05, 0.1) is 6.42 Å². The van der Waals surface area contributed by atoms with Gasteiger partial charge in [-0.15, -0.1) is 0 Å². The number of halogens is 1. The molecular formula is C14H15BrN2O2. The van der Waals surface area contributed by atoms with Crippen LogP contribution in [0.5, 0.6) is 0 Å². The van der Waals surface area contributed by atoms with Crippen LogP contribution < -0.4 is 5.32 Å². The van der Waals surface area contributed by atoms with E-state index >= 15 is 0 Å². The van der Waals surface area contributed by atoms with E-state index in [0.29, 0.717) is 0 Å². The van der Waals surface area contributed by atoms with Crippen molar-refractivity contribution >= 4 is 33.4 Å².